The molecular formula is C33H40O19. The molecule has 3 saturated heterocycles. The number of phenolic OH excluding ortho intramolecular Hbond substituents is 2. The summed E-state index contributed by atoms with van der Waals surface area (Å²) in [5, 5.41) is 114. The fraction of sp³-hybridized carbons (Fsp3) is 0.545. The van der Waals surface area contributed by atoms with E-state index < -0.39 is 121 Å². The van der Waals surface area contributed by atoms with E-state index >= 15 is 0 Å². The van der Waals surface area contributed by atoms with Crippen LogP contribution in [0.1, 0.15) is 13.8 Å². The maximum Gasteiger partial charge on any atom is 0.239 e. The van der Waals surface area contributed by atoms with Crippen molar-refractivity contribution in [3.05, 3.63) is 46.6 Å². The third-order valence-electron chi connectivity index (χ3n) is 9.23. The highest BCUT2D eigenvalue weighted by Crippen LogP contribution is 2.38. The molecule has 3 aromatic rings. The van der Waals surface area contributed by atoms with Crippen molar-refractivity contribution in [1.82, 2.24) is 0 Å². The standard InChI is InChI=1S/C33H40O19/c1-10-19(36)23(40)26(43)31(47-10)46-9-17-21(38)25(42)28(45)33(51-17)52-30-22(39)18-15(35)7-14(49-32-27(44)24(41)20(37)11(2)48-32)8-16(18)50-29(30)12-3-5-13(34)6-4-12/h3-8,10-11,17,19-21,23-28,31-38,40-45H,9H2,1-2H3/t10-,11-,17+,19-,20-,21-,23+,24+,25-,26+,27+,28+,31-,32+,33-/m0/s1. The molecule has 3 fully saturated rings. The molecule has 0 bridgehead atoms. The summed E-state index contributed by atoms with van der Waals surface area (Å²) in [6.07, 6.45) is -23.5. The smallest absolute Gasteiger partial charge is 0.239 e. The first kappa shape index (κ1) is 38.1. The van der Waals surface area contributed by atoms with Gasteiger partial charge in [-0.25, -0.2) is 0 Å². The molecule has 11 N–H and O–H groups in total. The molecule has 52 heavy (non-hydrogen) atoms. The maximum atomic E-state index is 14.0. The highest BCUT2D eigenvalue weighted by molar-refractivity contribution is 5.88. The van der Waals surface area contributed by atoms with Crippen LogP contribution in [0.4, 0.5) is 0 Å². The van der Waals surface area contributed by atoms with Gasteiger partial charge in [-0.2, -0.15) is 0 Å². The zero-order valence-corrected chi connectivity index (χ0v) is 27.5. The molecule has 19 nitrogen and oxygen atoms in total. The highest BCUT2D eigenvalue weighted by atomic mass is 16.7. The van der Waals surface area contributed by atoms with E-state index in [9.17, 15) is 61.0 Å². The number of hydrogen-bond acceptors (Lipinski definition) is 19. The van der Waals surface area contributed by atoms with Crippen LogP contribution in [0, 0.1) is 0 Å². The molecule has 19 heteroatoms. The average molecular weight is 741 g/mol. The van der Waals surface area contributed by atoms with Crippen molar-refractivity contribution < 1.29 is 89.0 Å². The van der Waals surface area contributed by atoms with Crippen LogP contribution in [0.15, 0.2) is 45.6 Å². The van der Waals surface area contributed by atoms with E-state index in [4.69, 9.17) is 32.8 Å². The number of aliphatic hydroxyl groups is 9. The third-order valence-corrected chi connectivity index (χ3v) is 9.23. The lowest BCUT2D eigenvalue weighted by atomic mass is 9.98. The van der Waals surface area contributed by atoms with Crippen molar-refractivity contribution in [3.63, 3.8) is 0 Å². The largest absolute Gasteiger partial charge is 0.508 e. The predicted octanol–water partition coefficient (Wildman–Crippen LogP) is -2.89. The summed E-state index contributed by atoms with van der Waals surface area (Å²) >= 11 is 0. The van der Waals surface area contributed by atoms with Gasteiger partial charge in [-0.1, -0.05) is 0 Å². The summed E-state index contributed by atoms with van der Waals surface area (Å²) < 4.78 is 39.5. The molecule has 0 unspecified atom stereocenters. The molecule has 3 aliphatic heterocycles. The number of aliphatic hydroxyl groups excluding tert-OH is 9. The van der Waals surface area contributed by atoms with Gasteiger partial charge in [0.15, 0.2) is 12.1 Å². The lowest BCUT2D eigenvalue weighted by Gasteiger charge is -2.42. The Kier molecular flexibility index (Phi) is 11.0. The zero-order valence-electron chi connectivity index (χ0n) is 27.5. The summed E-state index contributed by atoms with van der Waals surface area (Å²) in [6, 6.07) is 7.38. The van der Waals surface area contributed by atoms with Gasteiger partial charge in [-0.05, 0) is 38.1 Å². The van der Waals surface area contributed by atoms with Gasteiger partial charge in [-0.15, -0.1) is 0 Å². The topological polar surface area (TPSA) is 308 Å². The minimum Gasteiger partial charge on any atom is -0.508 e. The van der Waals surface area contributed by atoms with E-state index in [0.29, 0.717) is 0 Å². The second kappa shape index (κ2) is 15.0. The summed E-state index contributed by atoms with van der Waals surface area (Å²) in [7, 11) is 0. The first-order chi connectivity index (χ1) is 24.6. The molecule has 6 rings (SSSR count). The van der Waals surface area contributed by atoms with Crippen LogP contribution in [0.25, 0.3) is 22.3 Å². The molecule has 286 valence electrons. The Balaban J connectivity index is 1.32. The molecule has 1 aromatic heterocycles. The van der Waals surface area contributed by atoms with E-state index in [1.165, 1.54) is 44.2 Å². The zero-order chi connectivity index (χ0) is 37.8. The molecule has 0 aliphatic carbocycles. The molecule has 0 saturated carbocycles. The fourth-order valence-electron chi connectivity index (χ4n) is 6.09. The number of aromatic hydroxyl groups is 2. The Morgan fingerprint density at radius 1 is 0.635 bits per heavy atom. The fourth-order valence-corrected chi connectivity index (χ4v) is 6.09. The van der Waals surface area contributed by atoms with Crippen LogP contribution in [0.5, 0.6) is 23.0 Å². The maximum absolute atomic E-state index is 14.0. The van der Waals surface area contributed by atoms with Crippen LogP contribution < -0.4 is 14.9 Å². The number of phenols is 2. The molecule has 0 radical (unpaired) electrons. The van der Waals surface area contributed by atoms with Crippen LogP contribution in [-0.4, -0.2) is 155 Å². The van der Waals surface area contributed by atoms with Gasteiger partial charge in [0.05, 0.1) is 18.8 Å². The van der Waals surface area contributed by atoms with Crippen molar-refractivity contribution in [1.29, 1.82) is 0 Å². The van der Waals surface area contributed by atoms with Crippen molar-refractivity contribution in [2.45, 2.75) is 106 Å². The Labute approximate surface area is 293 Å². The molecule has 2 aromatic carbocycles. The molecular weight excluding hydrogens is 700 g/mol. The van der Waals surface area contributed by atoms with Crippen LogP contribution in [0.3, 0.4) is 0 Å². The third kappa shape index (κ3) is 7.16. The summed E-state index contributed by atoms with van der Waals surface area (Å²) in [5.74, 6) is -2.01. The molecule has 0 spiro atoms. The van der Waals surface area contributed by atoms with Gasteiger partial charge in [-0.3, -0.25) is 4.79 Å². The lowest BCUT2D eigenvalue weighted by molar-refractivity contribution is -0.318. The predicted molar refractivity (Wildman–Crippen MR) is 170 cm³/mol. The SMILES string of the molecule is C[C@@H]1O[C@H](OC[C@H]2O[C@@H](Oc3c(-c4ccc(O)cc4)oc4cc(O[C@H]5O[C@@H](C)[C@H](O)[C@@H](O)[C@H]5O)cc(O)c4c3=O)[C@H](O)[C@@H](O)[C@H]2O)[C@H](O)[C@H](O)[C@H]1O. The van der Waals surface area contributed by atoms with Crippen molar-refractivity contribution in [2.24, 2.45) is 0 Å². The number of hydrogen-bond donors (Lipinski definition) is 11. The van der Waals surface area contributed by atoms with Crippen LogP contribution in [0.2, 0.25) is 0 Å². The molecule has 15 atom stereocenters. The second-order valence-corrected chi connectivity index (χ2v) is 12.9. The van der Waals surface area contributed by atoms with Gasteiger partial charge < -0.3 is 89.0 Å². The summed E-state index contributed by atoms with van der Waals surface area (Å²) in [6.45, 7) is 2.25. The minimum atomic E-state index is -1.98. The number of benzene rings is 2. The van der Waals surface area contributed by atoms with Gasteiger partial charge in [0.1, 0.15) is 89.3 Å². The number of rotatable bonds is 8. The number of ether oxygens (including phenoxy) is 6. The highest BCUT2D eigenvalue weighted by Gasteiger charge is 2.48. The van der Waals surface area contributed by atoms with Crippen molar-refractivity contribution in [3.8, 4) is 34.3 Å². The monoisotopic (exact) mass is 740 g/mol. The van der Waals surface area contributed by atoms with Crippen LogP contribution >= 0.6 is 0 Å². The molecule has 0 amide bonds. The van der Waals surface area contributed by atoms with E-state index in [-0.39, 0.29) is 28.4 Å². The minimum absolute atomic E-state index is 0.138. The Morgan fingerprint density at radius 2 is 1.17 bits per heavy atom. The molecule has 4 heterocycles. The van der Waals surface area contributed by atoms with Crippen LogP contribution in [-0.2, 0) is 18.9 Å². The first-order valence-corrected chi connectivity index (χ1v) is 16.2. The first-order valence-electron chi connectivity index (χ1n) is 16.2. The van der Waals surface area contributed by atoms with Gasteiger partial charge in [0.2, 0.25) is 23.8 Å². The summed E-state index contributed by atoms with van der Waals surface area (Å²) in [5.41, 5.74) is -1.16. The average Bonchev–Trinajstić information content (AvgIpc) is 3.11. The Hall–Kier alpha value is -3.67. The molecule has 3 aliphatic rings. The van der Waals surface area contributed by atoms with Gasteiger partial charge in [0, 0.05) is 17.7 Å². The normalized spacial score (nSPS) is 38.2. The Bertz CT molecular complexity index is 1770. The van der Waals surface area contributed by atoms with E-state index in [0.717, 1.165) is 6.07 Å². The summed E-state index contributed by atoms with van der Waals surface area (Å²) in [4.78, 5) is 14.0. The lowest BCUT2D eigenvalue weighted by Crippen LogP contribution is -2.61. The number of fused-ring (bicyclic) bond motifs is 1. The van der Waals surface area contributed by atoms with Gasteiger partial charge >= 0.3 is 0 Å². The van der Waals surface area contributed by atoms with E-state index in [1.54, 1.807) is 0 Å². The Morgan fingerprint density at radius 3 is 1.79 bits per heavy atom. The van der Waals surface area contributed by atoms with E-state index in [1.807, 2.05) is 0 Å². The van der Waals surface area contributed by atoms with Gasteiger partial charge in [0.25, 0.3) is 0 Å². The quantitative estimate of drug-likeness (QED) is 0.110. The van der Waals surface area contributed by atoms with Crippen molar-refractivity contribution >= 4 is 11.0 Å². The van der Waals surface area contributed by atoms with E-state index in [2.05, 4.69) is 0 Å². The van der Waals surface area contributed by atoms with Crippen molar-refractivity contribution in [2.75, 3.05) is 6.61 Å². The second-order valence-electron chi connectivity index (χ2n) is 12.9.